The van der Waals surface area contributed by atoms with Gasteiger partial charge in [0.2, 0.25) is 0 Å². The molecule has 0 saturated heterocycles. The average molecular weight is 310 g/mol. The van der Waals surface area contributed by atoms with Gasteiger partial charge in [0, 0.05) is 5.92 Å². The molecule has 2 atom stereocenters. The number of rotatable bonds is 3. The number of alkyl halides is 1. The van der Waals surface area contributed by atoms with Gasteiger partial charge in [-0.15, -0.1) is 0 Å². The van der Waals surface area contributed by atoms with Crippen LogP contribution < -0.4 is 0 Å². The first-order valence-electron chi connectivity index (χ1n) is 4.53. The Morgan fingerprint density at radius 1 is 1.40 bits per heavy atom. The van der Waals surface area contributed by atoms with Crippen LogP contribution in [0.5, 0.6) is 0 Å². The summed E-state index contributed by atoms with van der Waals surface area (Å²) in [6.45, 7) is 3.49. The van der Waals surface area contributed by atoms with Crippen LogP contribution in [0.15, 0.2) is 18.2 Å². The smallest absolute Gasteiger partial charge is 0.144 e. The third-order valence-corrected chi connectivity index (χ3v) is 4.57. The zero-order chi connectivity index (χ0) is 11.6. The molecule has 0 bridgehead atoms. The number of benzene rings is 1. The van der Waals surface area contributed by atoms with Crippen molar-refractivity contribution in [2.75, 3.05) is 0 Å². The zero-order valence-electron chi connectivity index (χ0n) is 8.43. The molecule has 0 aliphatic carbocycles. The number of carbonyl (C=O) groups excluding carboxylic acids is 1. The van der Waals surface area contributed by atoms with Gasteiger partial charge in [-0.25, -0.2) is 0 Å². The van der Waals surface area contributed by atoms with Crippen LogP contribution in [0.4, 0.5) is 0 Å². The standard InChI is InChI=1S/C11H11BrCl2O/c1-6(10(12)7(2)15)8-4-3-5-9(13)11(8)14/h3-6,10H,1-2H3. The highest BCUT2D eigenvalue weighted by atomic mass is 79.9. The summed E-state index contributed by atoms with van der Waals surface area (Å²) in [5, 5.41) is 1.04. The molecule has 0 heterocycles. The molecular weight excluding hydrogens is 299 g/mol. The molecular formula is C11H11BrCl2O. The molecule has 0 aromatic heterocycles. The molecule has 0 N–H and O–H groups in total. The number of halogens is 3. The highest BCUT2D eigenvalue weighted by Crippen LogP contribution is 2.34. The molecule has 0 spiro atoms. The van der Waals surface area contributed by atoms with Gasteiger partial charge in [-0.2, -0.15) is 0 Å². The molecule has 0 fully saturated rings. The molecule has 0 radical (unpaired) electrons. The second kappa shape index (κ2) is 5.33. The normalized spacial score (nSPS) is 14.7. The van der Waals surface area contributed by atoms with Crippen molar-refractivity contribution in [3.05, 3.63) is 33.8 Å². The van der Waals surface area contributed by atoms with Crippen molar-refractivity contribution in [3.8, 4) is 0 Å². The second-order valence-electron chi connectivity index (χ2n) is 3.44. The first-order valence-corrected chi connectivity index (χ1v) is 6.20. The largest absolute Gasteiger partial charge is 0.299 e. The fraction of sp³-hybridized carbons (Fsp3) is 0.364. The maximum atomic E-state index is 11.2. The van der Waals surface area contributed by atoms with Crippen molar-refractivity contribution in [3.63, 3.8) is 0 Å². The average Bonchev–Trinajstić information content (AvgIpc) is 2.20. The zero-order valence-corrected chi connectivity index (χ0v) is 11.5. The number of Topliss-reactive ketones (excluding diaryl/α,β-unsaturated/α-hetero) is 1. The van der Waals surface area contributed by atoms with Crippen molar-refractivity contribution < 1.29 is 4.79 Å². The van der Waals surface area contributed by atoms with Gasteiger partial charge in [-0.3, -0.25) is 4.79 Å². The van der Waals surface area contributed by atoms with Gasteiger partial charge >= 0.3 is 0 Å². The molecule has 1 nitrogen and oxygen atoms in total. The predicted octanol–water partition coefficient (Wildman–Crippen LogP) is 4.45. The Kier molecular flexibility index (Phi) is 4.63. The quantitative estimate of drug-likeness (QED) is 0.754. The lowest BCUT2D eigenvalue weighted by Gasteiger charge is -2.17. The molecule has 1 aromatic carbocycles. The molecule has 2 unspecified atom stereocenters. The monoisotopic (exact) mass is 308 g/mol. The van der Waals surface area contributed by atoms with Gasteiger partial charge < -0.3 is 0 Å². The Morgan fingerprint density at radius 3 is 2.53 bits per heavy atom. The Balaban J connectivity index is 3.06. The van der Waals surface area contributed by atoms with E-state index < -0.39 is 0 Å². The third-order valence-electron chi connectivity index (χ3n) is 2.30. The Hall–Kier alpha value is -0.0500. The van der Waals surface area contributed by atoms with E-state index in [-0.39, 0.29) is 16.5 Å². The lowest BCUT2D eigenvalue weighted by molar-refractivity contribution is -0.116. The number of carbonyl (C=O) groups is 1. The molecule has 0 aliphatic heterocycles. The van der Waals surface area contributed by atoms with E-state index >= 15 is 0 Å². The van der Waals surface area contributed by atoms with Crippen LogP contribution in [0.25, 0.3) is 0 Å². The van der Waals surface area contributed by atoms with Crippen LogP contribution in [0.3, 0.4) is 0 Å². The van der Waals surface area contributed by atoms with E-state index in [4.69, 9.17) is 23.2 Å². The Bertz CT molecular complexity index is 379. The van der Waals surface area contributed by atoms with Gasteiger partial charge in [0.25, 0.3) is 0 Å². The lowest BCUT2D eigenvalue weighted by atomic mass is 9.96. The minimum Gasteiger partial charge on any atom is -0.299 e. The van der Waals surface area contributed by atoms with Crippen LogP contribution in [0, 0.1) is 0 Å². The molecule has 1 aromatic rings. The highest BCUT2D eigenvalue weighted by molar-refractivity contribution is 9.10. The molecule has 1 rings (SSSR count). The van der Waals surface area contributed by atoms with E-state index in [0.717, 1.165) is 5.56 Å². The number of hydrogen-bond donors (Lipinski definition) is 0. The van der Waals surface area contributed by atoms with E-state index in [1.807, 2.05) is 19.1 Å². The van der Waals surface area contributed by atoms with Crippen molar-refractivity contribution in [1.82, 2.24) is 0 Å². The van der Waals surface area contributed by atoms with E-state index in [9.17, 15) is 4.79 Å². The number of ketones is 1. The summed E-state index contributed by atoms with van der Waals surface area (Å²) in [5.74, 6) is 0.0900. The first kappa shape index (κ1) is 13.0. The van der Waals surface area contributed by atoms with Crippen molar-refractivity contribution in [1.29, 1.82) is 0 Å². The molecule has 0 amide bonds. The summed E-state index contributed by atoms with van der Waals surface area (Å²) in [5.41, 5.74) is 0.890. The van der Waals surface area contributed by atoms with Crippen LogP contribution in [0.2, 0.25) is 10.0 Å². The van der Waals surface area contributed by atoms with Gasteiger partial charge in [0.15, 0.2) is 0 Å². The summed E-state index contributed by atoms with van der Waals surface area (Å²) >= 11 is 15.3. The molecule has 4 heteroatoms. The summed E-state index contributed by atoms with van der Waals surface area (Å²) in [6, 6.07) is 5.45. The van der Waals surface area contributed by atoms with Crippen LogP contribution in [0.1, 0.15) is 25.3 Å². The van der Waals surface area contributed by atoms with E-state index in [1.54, 1.807) is 13.0 Å². The summed E-state index contributed by atoms with van der Waals surface area (Å²) in [7, 11) is 0. The summed E-state index contributed by atoms with van der Waals surface area (Å²) in [4.78, 5) is 11.0. The molecule has 15 heavy (non-hydrogen) atoms. The van der Waals surface area contributed by atoms with E-state index in [2.05, 4.69) is 15.9 Å². The van der Waals surface area contributed by atoms with Gasteiger partial charge in [0.05, 0.1) is 14.9 Å². The van der Waals surface area contributed by atoms with Crippen LogP contribution in [-0.2, 0) is 4.79 Å². The van der Waals surface area contributed by atoms with Crippen molar-refractivity contribution in [2.24, 2.45) is 0 Å². The minimum atomic E-state index is -0.228. The van der Waals surface area contributed by atoms with E-state index in [0.29, 0.717) is 10.0 Å². The summed E-state index contributed by atoms with van der Waals surface area (Å²) < 4.78 is 0. The second-order valence-corrected chi connectivity index (χ2v) is 5.22. The SMILES string of the molecule is CC(=O)C(Br)C(C)c1cccc(Cl)c1Cl. The molecule has 0 aliphatic rings. The van der Waals surface area contributed by atoms with E-state index in [1.165, 1.54) is 0 Å². The Labute approximate surface area is 108 Å². The molecule has 82 valence electrons. The maximum Gasteiger partial charge on any atom is 0.144 e. The number of hydrogen-bond acceptors (Lipinski definition) is 1. The summed E-state index contributed by atoms with van der Waals surface area (Å²) in [6.07, 6.45) is 0. The highest BCUT2D eigenvalue weighted by Gasteiger charge is 2.22. The fourth-order valence-corrected chi connectivity index (χ4v) is 2.15. The Morgan fingerprint density at radius 2 is 2.00 bits per heavy atom. The third kappa shape index (κ3) is 2.96. The maximum absolute atomic E-state index is 11.2. The predicted molar refractivity (Wildman–Crippen MR) is 68.3 cm³/mol. The first-order chi connectivity index (χ1) is 6.95. The minimum absolute atomic E-state index is 0.00806. The van der Waals surface area contributed by atoms with Gasteiger partial charge in [-0.05, 0) is 18.6 Å². The van der Waals surface area contributed by atoms with Crippen LogP contribution in [-0.4, -0.2) is 10.6 Å². The van der Waals surface area contributed by atoms with Crippen molar-refractivity contribution >= 4 is 44.9 Å². The molecule has 0 saturated carbocycles. The van der Waals surface area contributed by atoms with Crippen LogP contribution >= 0.6 is 39.1 Å². The lowest BCUT2D eigenvalue weighted by Crippen LogP contribution is -2.17. The van der Waals surface area contributed by atoms with Crippen molar-refractivity contribution in [2.45, 2.75) is 24.6 Å². The topological polar surface area (TPSA) is 17.1 Å². The van der Waals surface area contributed by atoms with Gasteiger partial charge in [0.1, 0.15) is 5.78 Å². The fourth-order valence-electron chi connectivity index (χ4n) is 1.38. The van der Waals surface area contributed by atoms with Gasteiger partial charge in [-0.1, -0.05) is 58.2 Å².